The van der Waals surface area contributed by atoms with E-state index in [0.29, 0.717) is 22.7 Å². The second-order valence-electron chi connectivity index (χ2n) is 6.48. The van der Waals surface area contributed by atoms with Crippen LogP contribution in [0.2, 0.25) is 0 Å². The van der Waals surface area contributed by atoms with Crippen LogP contribution in [-0.2, 0) is 24.2 Å². The molecule has 1 aromatic heterocycles. The van der Waals surface area contributed by atoms with E-state index in [9.17, 15) is 14.4 Å². The van der Waals surface area contributed by atoms with Gasteiger partial charge in [-0.2, -0.15) is 5.26 Å². The average molecular weight is 358 g/mol. The molecule has 0 spiro atoms. The first kappa shape index (κ1) is 17.6. The van der Waals surface area contributed by atoms with Crippen molar-refractivity contribution < 1.29 is 14.1 Å². The van der Waals surface area contributed by atoms with Crippen molar-refractivity contribution in [1.29, 1.82) is 5.26 Å². The summed E-state index contributed by atoms with van der Waals surface area (Å²) in [4.78, 5) is 14.5. The summed E-state index contributed by atoms with van der Waals surface area (Å²) < 4.78 is 13.7. The summed E-state index contributed by atoms with van der Waals surface area (Å²) in [6.45, 7) is 0.661. The second kappa shape index (κ2) is 7.77. The van der Waals surface area contributed by atoms with Crippen molar-refractivity contribution >= 4 is 22.2 Å². The van der Waals surface area contributed by atoms with Crippen LogP contribution in [0.15, 0.2) is 24.3 Å². The highest BCUT2D eigenvalue weighted by Crippen LogP contribution is 2.37. The van der Waals surface area contributed by atoms with Gasteiger partial charge in [-0.05, 0) is 37.3 Å². The number of thiophene rings is 1. The summed E-state index contributed by atoms with van der Waals surface area (Å²) in [5.74, 6) is -0.399. The van der Waals surface area contributed by atoms with Crippen molar-refractivity contribution in [1.82, 2.24) is 0 Å². The van der Waals surface area contributed by atoms with Crippen LogP contribution in [0.5, 0.6) is 0 Å². The van der Waals surface area contributed by atoms with Crippen molar-refractivity contribution in [2.24, 2.45) is 0 Å². The first-order chi connectivity index (χ1) is 12.1. The molecule has 2 aromatic rings. The van der Waals surface area contributed by atoms with Crippen LogP contribution < -0.4 is 10.2 Å². The number of nitrogens with zero attached hydrogens (tertiary/aromatic N) is 1. The van der Waals surface area contributed by atoms with E-state index in [-0.39, 0.29) is 18.3 Å². The van der Waals surface area contributed by atoms with Crippen LogP contribution in [0.3, 0.4) is 0 Å². The molecule has 3 rings (SSSR count). The lowest BCUT2D eigenvalue weighted by Crippen LogP contribution is -3.08. The molecule has 0 saturated heterocycles. The third-order valence-electron chi connectivity index (χ3n) is 4.45. The molecule has 4 nitrogen and oxygen atoms in total. The minimum atomic E-state index is -0.250. The van der Waals surface area contributed by atoms with Crippen LogP contribution in [0.25, 0.3) is 0 Å². The number of likely N-dealkylation sites (N-methyl/N-ethyl adjacent to an activating group) is 1. The summed E-state index contributed by atoms with van der Waals surface area (Å²) in [5.41, 5.74) is 2.33. The van der Waals surface area contributed by atoms with Gasteiger partial charge in [0.2, 0.25) is 0 Å². The molecule has 0 radical (unpaired) electrons. The molecule has 0 fully saturated rings. The Balaban J connectivity index is 1.64. The average Bonchev–Trinajstić information content (AvgIpc) is 2.93. The molecular weight excluding hydrogens is 337 g/mol. The van der Waals surface area contributed by atoms with Crippen molar-refractivity contribution in [2.45, 2.75) is 32.2 Å². The lowest BCUT2D eigenvalue weighted by atomic mass is 9.96. The predicted octanol–water partition coefficient (Wildman–Crippen LogP) is 2.29. The number of rotatable bonds is 5. The molecule has 1 aliphatic rings. The Labute approximate surface area is 150 Å². The third-order valence-corrected chi connectivity index (χ3v) is 5.66. The third kappa shape index (κ3) is 4.06. The maximum atomic E-state index is 13.7. The number of quaternary nitrogens is 1. The number of anilines is 1. The van der Waals surface area contributed by atoms with E-state index in [4.69, 9.17) is 0 Å². The minimum absolute atomic E-state index is 0.149. The SMILES string of the molecule is C[NH+](CC(=O)Nc1sc2c(c1C#N)CCCC2)Cc1ccccc1F. The number of benzene rings is 1. The van der Waals surface area contributed by atoms with Crippen LogP contribution in [0.4, 0.5) is 9.39 Å². The Morgan fingerprint density at radius 2 is 2.12 bits per heavy atom. The molecule has 1 amide bonds. The smallest absolute Gasteiger partial charge is 0.280 e. The number of hydrogen-bond donors (Lipinski definition) is 2. The summed E-state index contributed by atoms with van der Waals surface area (Å²) in [5, 5.41) is 13.0. The maximum absolute atomic E-state index is 13.7. The van der Waals surface area contributed by atoms with Gasteiger partial charge in [0.25, 0.3) is 5.91 Å². The number of hydrogen-bond acceptors (Lipinski definition) is 3. The van der Waals surface area contributed by atoms with Crippen LogP contribution in [0, 0.1) is 17.1 Å². The fourth-order valence-electron chi connectivity index (χ4n) is 3.25. The van der Waals surface area contributed by atoms with Crippen molar-refractivity contribution in [2.75, 3.05) is 18.9 Å². The number of amides is 1. The Morgan fingerprint density at radius 1 is 1.36 bits per heavy atom. The molecule has 0 aliphatic heterocycles. The predicted molar refractivity (Wildman–Crippen MR) is 96.2 cm³/mol. The van der Waals surface area contributed by atoms with E-state index >= 15 is 0 Å². The lowest BCUT2D eigenvalue weighted by molar-refractivity contribution is -0.885. The monoisotopic (exact) mass is 358 g/mol. The van der Waals surface area contributed by atoms with Gasteiger partial charge in [-0.1, -0.05) is 18.2 Å². The largest absolute Gasteiger partial charge is 0.326 e. The molecular formula is C19H21FN3OS+. The van der Waals surface area contributed by atoms with E-state index < -0.39 is 0 Å². The lowest BCUT2D eigenvalue weighted by Gasteiger charge is -2.14. The van der Waals surface area contributed by atoms with E-state index in [0.717, 1.165) is 36.1 Å². The van der Waals surface area contributed by atoms with Gasteiger partial charge in [0, 0.05) is 10.4 Å². The minimum Gasteiger partial charge on any atom is -0.326 e. The number of halogens is 1. The Hall–Kier alpha value is -2.23. The molecule has 1 aliphatic carbocycles. The highest BCUT2D eigenvalue weighted by Gasteiger charge is 2.22. The molecule has 0 bridgehead atoms. The summed E-state index contributed by atoms with van der Waals surface area (Å²) in [7, 11) is 1.86. The Kier molecular flexibility index (Phi) is 5.47. The van der Waals surface area contributed by atoms with Gasteiger partial charge in [0.05, 0.1) is 12.6 Å². The quantitative estimate of drug-likeness (QED) is 0.862. The Morgan fingerprint density at radius 3 is 2.88 bits per heavy atom. The number of nitriles is 1. The van der Waals surface area contributed by atoms with Gasteiger partial charge in [-0.25, -0.2) is 4.39 Å². The van der Waals surface area contributed by atoms with Crippen LogP contribution in [0.1, 0.15) is 34.4 Å². The van der Waals surface area contributed by atoms with Crippen molar-refractivity contribution in [3.63, 3.8) is 0 Å². The van der Waals surface area contributed by atoms with E-state index in [2.05, 4.69) is 11.4 Å². The molecule has 1 atom stereocenters. The highest BCUT2D eigenvalue weighted by molar-refractivity contribution is 7.16. The van der Waals surface area contributed by atoms with Gasteiger partial charge < -0.3 is 10.2 Å². The molecule has 130 valence electrons. The first-order valence-corrected chi connectivity index (χ1v) is 9.29. The summed E-state index contributed by atoms with van der Waals surface area (Å²) in [6, 6.07) is 8.86. The summed E-state index contributed by atoms with van der Waals surface area (Å²) >= 11 is 1.52. The fraction of sp³-hybridized carbons (Fsp3) is 0.368. The number of carbonyl (C=O) groups is 1. The van der Waals surface area contributed by atoms with Crippen molar-refractivity contribution in [3.8, 4) is 6.07 Å². The number of nitrogens with one attached hydrogen (secondary N) is 2. The maximum Gasteiger partial charge on any atom is 0.280 e. The highest BCUT2D eigenvalue weighted by atomic mass is 32.1. The zero-order chi connectivity index (χ0) is 17.8. The van der Waals surface area contributed by atoms with Gasteiger partial charge in [0.15, 0.2) is 6.54 Å². The number of aryl methyl sites for hydroxylation is 1. The molecule has 1 aromatic carbocycles. The number of fused-ring (bicyclic) bond motifs is 1. The van der Waals surface area contributed by atoms with Gasteiger partial charge in [0.1, 0.15) is 23.4 Å². The van der Waals surface area contributed by atoms with E-state index in [1.54, 1.807) is 18.2 Å². The molecule has 2 N–H and O–H groups in total. The van der Waals surface area contributed by atoms with E-state index in [1.165, 1.54) is 22.3 Å². The number of carbonyl (C=O) groups excluding carboxylic acids is 1. The normalized spacial score (nSPS) is 14.4. The van der Waals surface area contributed by atoms with Crippen molar-refractivity contribution in [3.05, 3.63) is 51.7 Å². The molecule has 0 saturated carbocycles. The first-order valence-electron chi connectivity index (χ1n) is 8.47. The second-order valence-corrected chi connectivity index (χ2v) is 7.58. The van der Waals surface area contributed by atoms with Gasteiger partial charge >= 0.3 is 0 Å². The molecule has 25 heavy (non-hydrogen) atoms. The zero-order valence-electron chi connectivity index (χ0n) is 14.2. The molecule has 1 heterocycles. The van der Waals surface area contributed by atoms with Crippen LogP contribution >= 0.6 is 11.3 Å². The standard InChI is InChI=1S/C19H20FN3OS/c1-23(11-13-6-2-4-8-16(13)20)12-18(24)22-19-15(10-21)14-7-3-5-9-17(14)25-19/h2,4,6,8H,3,5,7,9,11-12H2,1H3,(H,22,24)/p+1. The molecule has 1 unspecified atom stereocenters. The van der Waals surface area contributed by atoms with E-state index in [1.807, 2.05) is 7.05 Å². The van der Waals surface area contributed by atoms with Gasteiger partial charge in [-0.3, -0.25) is 4.79 Å². The summed E-state index contributed by atoms with van der Waals surface area (Å²) in [6.07, 6.45) is 4.15. The van der Waals surface area contributed by atoms with Crippen LogP contribution in [-0.4, -0.2) is 19.5 Å². The van der Waals surface area contributed by atoms with Gasteiger partial charge in [-0.15, -0.1) is 11.3 Å². The molecule has 6 heteroatoms. The Bertz CT molecular complexity index is 825. The fourth-order valence-corrected chi connectivity index (χ4v) is 4.50. The topological polar surface area (TPSA) is 57.3 Å². The zero-order valence-corrected chi connectivity index (χ0v) is 15.0.